The average molecular weight is 409 g/mol. The molecule has 0 N–H and O–H groups in total. The summed E-state index contributed by atoms with van der Waals surface area (Å²) in [5.41, 5.74) is 3.92. The Morgan fingerprint density at radius 2 is 0.714 bits per heavy atom. The molecule has 4 rings (SSSR count). The Hall–Kier alpha value is 0.390. The predicted molar refractivity (Wildman–Crippen MR) is 126 cm³/mol. The molecule has 0 spiro atoms. The average Bonchev–Trinajstić information content (AvgIpc) is 2.80. The summed E-state index contributed by atoms with van der Waals surface area (Å²) in [6.45, 7) is 1.12. The van der Waals surface area contributed by atoms with E-state index in [9.17, 15) is 0 Å². The molecule has 0 aliphatic heterocycles. The van der Waals surface area contributed by atoms with Gasteiger partial charge in [0, 0.05) is 0 Å². The van der Waals surface area contributed by atoms with Gasteiger partial charge in [-0.1, -0.05) is 0 Å². The van der Waals surface area contributed by atoms with Gasteiger partial charge in [0.2, 0.25) is 0 Å². The van der Waals surface area contributed by atoms with E-state index in [1.807, 2.05) is 0 Å². The molecule has 4 saturated carbocycles. The first-order valence-corrected chi connectivity index (χ1v) is 15.9. The molecule has 4 fully saturated rings. The van der Waals surface area contributed by atoms with E-state index in [1.165, 1.54) is 128 Å². The Balaban J connectivity index is 1.86. The van der Waals surface area contributed by atoms with Gasteiger partial charge in [-0.15, -0.1) is 0 Å². The number of hydrogen-bond donors (Lipinski definition) is 0. The molecular formula is C26H49OP. The summed E-state index contributed by atoms with van der Waals surface area (Å²) in [5, 5.41) is 0. The maximum absolute atomic E-state index is 7.71. The fourth-order valence-corrected chi connectivity index (χ4v) is 19.9. The molecule has 0 aromatic heterocycles. The predicted octanol–water partition coefficient (Wildman–Crippen LogP) is 8.82. The van der Waals surface area contributed by atoms with Gasteiger partial charge >= 0.3 is 176 Å². The van der Waals surface area contributed by atoms with Crippen LogP contribution in [0.3, 0.4) is 0 Å². The van der Waals surface area contributed by atoms with Crippen LogP contribution < -0.4 is 0 Å². The van der Waals surface area contributed by atoms with Crippen molar-refractivity contribution >= 4 is 6.83 Å². The molecule has 28 heavy (non-hydrogen) atoms. The molecule has 0 aromatic rings. The van der Waals surface area contributed by atoms with Crippen LogP contribution in [0.4, 0.5) is 0 Å². The molecule has 4 aliphatic rings. The van der Waals surface area contributed by atoms with Crippen LogP contribution in [0.1, 0.15) is 135 Å². The zero-order valence-corrected chi connectivity index (χ0v) is 19.9. The van der Waals surface area contributed by atoms with Crippen molar-refractivity contribution in [2.45, 2.75) is 158 Å². The van der Waals surface area contributed by atoms with Gasteiger partial charge in [0.1, 0.15) is 0 Å². The zero-order valence-electron chi connectivity index (χ0n) is 19.0. The Labute approximate surface area is 176 Å². The Kier molecular flexibility index (Phi) is 7.47. The molecular weight excluding hydrogens is 359 g/mol. The van der Waals surface area contributed by atoms with Crippen molar-refractivity contribution in [2.75, 3.05) is 6.61 Å². The molecule has 0 radical (unpaired) electrons. The van der Waals surface area contributed by atoms with Gasteiger partial charge in [-0.05, 0) is 0 Å². The van der Waals surface area contributed by atoms with E-state index in [0.717, 1.165) is 29.2 Å². The Morgan fingerprint density at radius 1 is 0.464 bits per heavy atom. The first-order chi connectivity index (χ1) is 13.8. The summed E-state index contributed by atoms with van der Waals surface area (Å²) in [5.74, 6) is 0. The normalized spacial score (nSPS) is 29.4. The fourth-order valence-electron chi connectivity index (χ4n) is 9.04. The van der Waals surface area contributed by atoms with Crippen LogP contribution in [-0.2, 0) is 4.52 Å². The molecule has 0 bridgehead atoms. The van der Waals surface area contributed by atoms with Gasteiger partial charge in [0.05, 0.1) is 0 Å². The molecule has 0 unspecified atom stereocenters. The van der Waals surface area contributed by atoms with Gasteiger partial charge in [-0.3, -0.25) is 0 Å². The third-order valence-electron chi connectivity index (χ3n) is 9.85. The van der Waals surface area contributed by atoms with Crippen molar-refractivity contribution in [1.82, 2.24) is 0 Å². The van der Waals surface area contributed by atoms with E-state index in [2.05, 4.69) is 6.92 Å². The van der Waals surface area contributed by atoms with Crippen molar-refractivity contribution in [2.24, 2.45) is 0 Å². The van der Waals surface area contributed by atoms with Crippen LogP contribution in [-0.4, -0.2) is 29.2 Å². The summed E-state index contributed by atoms with van der Waals surface area (Å²) in [6, 6.07) is 0. The van der Waals surface area contributed by atoms with Gasteiger partial charge < -0.3 is 0 Å². The standard InChI is InChI=1S/C26H49OP/c1-2-27-28(23-15-7-3-8-16-23,24-17-9-4-10-18-24,25-19-11-5-12-20-25)26-21-13-6-14-22-26/h23-26H,2-22H2,1H3. The summed E-state index contributed by atoms with van der Waals surface area (Å²) >= 11 is 0. The second-order valence-corrected chi connectivity index (χ2v) is 16.7. The molecule has 1 nitrogen and oxygen atoms in total. The molecule has 0 saturated heterocycles. The van der Waals surface area contributed by atoms with Gasteiger partial charge in [0.25, 0.3) is 0 Å². The van der Waals surface area contributed by atoms with Crippen LogP contribution in [0.25, 0.3) is 0 Å². The van der Waals surface area contributed by atoms with Crippen LogP contribution in [0, 0.1) is 0 Å². The monoisotopic (exact) mass is 408 g/mol. The molecule has 2 heteroatoms. The minimum absolute atomic E-state index is 0.981. The third kappa shape index (κ3) is 3.53. The first-order valence-electron chi connectivity index (χ1n) is 13.5. The van der Waals surface area contributed by atoms with Crippen molar-refractivity contribution in [3.63, 3.8) is 0 Å². The molecule has 4 aliphatic carbocycles. The number of hydrogen-bond acceptors (Lipinski definition) is 1. The van der Waals surface area contributed by atoms with E-state index in [4.69, 9.17) is 4.52 Å². The fraction of sp³-hybridized carbons (Fsp3) is 1.00. The SMILES string of the molecule is CCOP(C1CCCCC1)(C1CCCCC1)(C1CCCCC1)C1CCCCC1. The van der Waals surface area contributed by atoms with E-state index in [1.54, 1.807) is 0 Å². The topological polar surface area (TPSA) is 9.23 Å². The van der Waals surface area contributed by atoms with Crippen molar-refractivity contribution in [3.05, 3.63) is 0 Å². The zero-order chi connectivity index (χ0) is 19.3. The van der Waals surface area contributed by atoms with E-state index >= 15 is 0 Å². The number of rotatable bonds is 6. The van der Waals surface area contributed by atoms with Gasteiger partial charge in [0.15, 0.2) is 0 Å². The quantitative estimate of drug-likeness (QED) is 0.399. The molecule has 164 valence electrons. The minimum atomic E-state index is -2.26. The maximum atomic E-state index is 7.71. The Morgan fingerprint density at radius 3 is 0.929 bits per heavy atom. The summed E-state index contributed by atoms with van der Waals surface area (Å²) < 4.78 is 7.71. The Bertz CT molecular complexity index is 381. The molecule has 0 amide bonds. The molecule has 0 atom stereocenters. The summed E-state index contributed by atoms with van der Waals surface area (Å²) in [6.07, 6.45) is 30.2. The van der Waals surface area contributed by atoms with Crippen molar-refractivity contribution in [3.8, 4) is 0 Å². The van der Waals surface area contributed by atoms with Crippen LogP contribution in [0.15, 0.2) is 0 Å². The second kappa shape index (κ2) is 9.68. The van der Waals surface area contributed by atoms with Crippen molar-refractivity contribution in [1.29, 1.82) is 0 Å². The first kappa shape index (κ1) is 21.6. The van der Waals surface area contributed by atoms with Crippen LogP contribution in [0.2, 0.25) is 0 Å². The summed E-state index contributed by atoms with van der Waals surface area (Å²) in [7, 11) is 0. The summed E-state index contributed by atoms with van der Waals surface area (Å²) in [4.78, 5) is 0. The van der Waals surface area contributed by atoms with Gasteiger partial charge in [-0.2, -0.15) is 0 Å². The molecule has 0 aromatic carbocycles. The van der Waals surface area contributed by atoms with E-state index < -0.39 is 6.83 Å². The third-order valence-corrected chi connectivity index (χ3v) is 19.0. The van der Waals surface area contributed by atoms with Crippen molar-refractivity contribution < 1.29 is 4.52 Å². The second-order valence-electron chi connectivity index (χ2n) is 10.9. The van der Waals surface area contributed by atoms with E-state index in [0.29, 0.717) is 0 Å². The van der Waals surface area contributed by atoms with Gasteiger partial charge in [-0.25, -0.2) is 0 Å². The van der Waals surface area contributed by atoms with Crippen LogP contribution >= 0.6 is 6.83 Å². The molecule has 0 heterocycles. The van der Waals surface area contributed by atoms with E-state index in [-0.39, 0.29) is 0 Å². The van der Waals surface area contributed by atoms with Crippen LogP contribution in [0.5, 0.6) is 0 Å².